The average molecular weight is 534 g/mol. The number of benzene rings is 2. The number of rotatable bonds is 4. The van der Waals surface area contributed by atoms with Crippen molar-refractivity contribution in [2.24, 2.45) is 0 Å². The van der Waals surface area contributed by atoms with Gasteiger partial charge in [0.1, 0.15) is 5.82 Å². The summed E-state index contributed by atoms with van der Waals surface area (Å²) < 4.78 is 58.3. The first-order valence-electron chi connectivity index (χ1n) is 11.2. The molecule has 0 spiro atoms. The third kappa shape index (κ3) is 5.85. The predicted molar refractivity (Wildman–Crippen MR) is 125 cm³/mol. The zero-order valence-corrected chi connectivity index (χ0v) is 20.5. The van der Waals surface area contributed by atoms with E-state index in [4.69, 9.17) is 27.9 Å². The Morgan fingerprint density at radius 3 is 2.40 bits per heavy atom. The van der Waals surface area contributed by atoms with E-state index < -0.39 is 17.6 Å². The van der Waals surface area contributed by atoms with E-state index in [0.717, 1.165) is 17.7 Å². The summed E-state index contributed by atoms with van der Waals surface area (Å²) in [6, 6.07) is 8.03. The van der Waals surface area contributed by atoms with Gasteiger partial charge in [-0.25, -0.2) is 9.18 Å². The fourth-order valence-electron chi connectivity index (χ4n) is 4.71. The maximum Gasteiger partial charge on any atom is 0.419 e. The van der Waals surface area contributed by atoms with Crippen LogP contribution in [0.25, 0.3) is 0 Å². The van der Waals surface area contributed by atoms with Crippen molar-refractivity contribution in [3.05, 3.63) is 69.0 Å². The molecule has 0 aliphatic carbocycles. The number of likely N-dealkylation sites (N-methyl/N-ethyl adjacent to an activating group) is 1. The van der Waals surface area contributed by atoms with Crippen LogP contribution < -0.4 is 0 Å². The number of morpholine rings is 1. The molecule has 5 nitrogen and oxygen atoms in total. The first-order valence-corrected chi connectivity index (χ1v) is 11.9. The van der Waals surface area contributed by atoms with Gasteiger partial charge in [0.2, 0.25) is 0 Å². The van der Waals surface area contributed by atoms with E-state index in [-0.39, 0.29) is 24.5 Å². The molecule has 2 fully saturated rings. The summed E-state index contributed by atoms with van der Waals surface area (Å²) in [4.78, 5) is 18.6. The molecule has 2 unspecified atom stereocenters. The second kappa shape index (κ2) is 10.5. The van der Waals surface area contributed by atoms with Gasteiger partial charge in [-0.05, 0) is 42.4 Å². The molecule has 0 saturated carbocycles. The quantitative estimate of drug-likeness (QED) is 0.486. The first-order chi connectivity index (χ1) is 16.5. The molecule has 2 aliphatic rings. The van der Waals surface area contributed by atoms with Crippen molar-refractivity contribution in [3.8, 4) is 0 Å². The Hall–Kier alpha value is -2.07. The van der Waals surface area contributed by atoms with Crippen molar-refractivity contribution in [2.75, 3.05) is 46.4 Å². The molecule has 2 aromatic carbocycles. The molecule has 0 radical (unpaired) electrons. The van der Waals surface area contributed by atoms with Crippen LogP contribution in [0.5, 0.6) is 0 Å². The van der Waals surface area contributed by atoms with Gasteiger partial charge in [-0.2, -0.15) is 13.2 Å². The highest BCUT2D eigenvalue weighted by Gasteiger charge is 2.40. The van der Waals surface area contributed by atoms with E-state index in [1.165, 1.54) is 6.07 Å². The number of hydrogen-bond acceptors (Lipinski definition) is 3. The third-order valence-corrected chi connectivity index (χ3v) is 7.29. The maximum absolute atomic E-state index is 14.1. The zero-order chi connectivity index (χ0) is 25.3. The fourth-order valence-corrected chi connectivity index (χ4v) is 5.01. The standard InChI is InChI=1S/C24H25Cl2F4N3O2/c1-31(12-15-2-4-18(21(27)10-15)24(28,29)30)22-14-33(23(34)32-6-8-35-9-7-32)13-17(22)16-3-5-19(25)20(26)11-16/h2-5,10-11,17,22H,6-9,12-14H2,1H3. The third-order valence-electron chi connectivity index (χ3n) is 6.55. The van der Waals surface area contributed by atoms with Crippen LogP contribution in [0.2, 0.25) is 10.0 Å². The molecule has 0 N–H and O–H groups in total. The Balaban J connectivity index is 1.57. The van der Waals surface area contributed by atoms with Crippen LogP contribution in [0.3, 0.4) is 0 Å². The monoisotopic (exact) mass is 533 g/mol. The van der Waals surface area contributed by atoms with Gasteiger partial charge >= 0.3 is 12.2 Å². The van der Waals surface area contributed by atoms with Crippen molar-refractivity contribution in [1.82, 2.24) is 14.7 Å². The first kappa shape index (κ1) is 26.0. The molecular weight excluding hydrogens is 509 g/mol. The highest BCUT2D eigenvalue weighted by molar-refractivity contribution is 6.42. The molecule has 2 aliphatic heterocycles. The Morgan fingerprint density at radius 1 is 1.06 bits per heavy atom. The Kier molecular flexibility index (Phi) is 7.80. The summed E-state index contributed by atoms with van der Waals surface area (Å²) in [5.41, 5.74) is 0.0108. The van der Waals surface area contributed by atoms with Crippen molar-refractivity contribution in [1.29, 1.82) is 0 Å². The van der Waals surface area contributed by atoms with Crippen LogP contribution in [-0.4, -0.2) is 73.2 Å². The van der Waals surface area contributed by atoms with Gasteiger partial charge in [0, 0.05) is 44.7 Å². The lowest BCUT2D eigenvalue weighted by Gasteiger charge is -2.31. The lowest BCUT2D eigenvalue weighted by molar-refractivity contribution is -0.140. The molecule has 0 aromatic heterocycles. The number of halogens is 6. The van der Waals surface area contributed by atoms with Crippen LogP contribution in [0.15, 0.2) is 36.4 Å². The summed E-state index contributed by atoms with van der Waals surface area (Å²) in [7, 11) is 1.81. The molecule has 2 amide bonds. The Morgan fingerprint density at radius 2 is 1.77 bits per heavy atom. The molecule has 190 valence electrons. The van der Waals surface area contributed by atoms with Gasteiger partial charge in [0.05, 0.1) is 28.8 Å². The lowest BCUT2D eigenvalue weighted by atomic mass is 9.93. The second-order valence-electron chi connectivity index (χ2n) is 8.86. The summed E-state index contributed by atoms with van der Waals surface area (Å²) >= 11 is 12.4. The van der Waals surface area contributed by atoms with E-state index in [1.807, 2.05) is 18.0 Å². The number of amides is 2. The molecule has 2 saturated heterocycles. The van der Waals surface area contributed by atoms with Crippen molar-refractivity contribution in [2.45, 2.75) is 24.7 Å². The maximum atomic E-state index is 14.1. The van der Waals surface area contributed by atoms with Gasteiger partial charge in [0.25, 0.3) is 0 Å². The van der Waals surface area contributed by atoms with Crippen molar-refractivity contribution in [3.63, 3.8) is 0 Å². The van der Waals surface area contributed by atoms with E-state index >= 15 is 0 Å². The Labute approximate surface area is 211 Å². The minimum absolute atomic E-state index is 0.0881. The minimum atomic E-state index is -4.75. The molecule has 2 atom stereocenters. The number of ether oxygens (including phenoxy) is 1. The number of urea groups is 1. The summed E-state index contributed by atoms with van der Waals surface area (Å²) in [6.07, 6.45) is -4.75. The fraction of sp³-hybridized carbons (Fsp3) is 0.458. The molecule has 2 aromatic rings. The molecular formula is C24H25Cl2F4N3O2. The topological polar surface area (TPSA) is 36.0 Å². The highest BCUT2D eigenvalue weighted by atomic mass is 35.5. The van der Waals surface area contributed by atoms with E-state index in [1.54, 1.807) is 21.9 Å². The number of carbonyl (C=O) groups excluding carboxylic acids is 1. The number of alkyl halides is 3. The molecule has 0 bridgehead atoms. The smallest absolute Gasteiger partial charge is 0.378 e. The predicted octanol–water partition coefficient (Wildman–Crippen LogP) is 5.50. The van der Waals surface area contributed by atoms with Crippen molar-refractivity contribution < 1.29 is 27.1 Å². The second-order valence-corrected chi connectivity index (χ2v) is 9.68. The van der Waals surface area contributed by atoms with Gasteiger partial charge in [0.15, 0.2) is 0 Å². The minimum Gasteiger partial charge on any atom is -0.378 e. The lowest BCUT2D eigenvalue weighted by Crippen LogP contribution is -2.48. The summed E-state index contributed by atoms with van der Waals surface area (Å²) in [6.45, 7) is 3.04. The van der Waals surface area contributed by atoms with Gasteiger partial charge in [-0.15, -0.1) is 0 Å². The molecule has 2 heterocycles. The van der Waals surface area contributed by atoms with E-state index in [9.17, 15) is 22.4 Å². The van der Waals surface area contributed by atoms with Crippen LogP contribution >= 0.6 is 23.2 Å². The van der Waals surface area contributed by atoms with Gasteiger partial charge in [-0.1, -0.05) is 35.3 Å². The van der Waals surface area contributed by atoms with Gasteiger partial charge in [-0.3, -0.25) is 4.90 Å². The largest absolute Gasteiger partial charge is 0.419 e. The van der Waals surface area contributed by atoms with Gasteiger partial charge < -0.3 is 14.5 Å². The highest BCUT2D eigenvalue weighted by Crippen LogP contribution is 2.36. The molecule has 4 rings (SSSR count). The summed E-state index contributed by atoms with van der Waals surface area (Å²) in [5.74, 6) is -1.43. The number of carbonyl (C=O) groups is 1. The van der Waals surface area contributed by atoms with Crippen LogP contribution in [0, 0.1) is 5.82 Å². The normalized spacial score (nSPS) is 21.1. The van der Waals surface area contributed by atoms with Crippen LogP contribution in [0.4, 0.5) is 22.4 Å². The SMILES string of the molecule is CN(Cc1ccc(C(F)(F)F)c(F)c1)C1CN(C(=O)N2CCOCC2)CC1c1ccc(Cl)c(Cl)c1. The van der Waals surface area contributed by atoms with Crippen molar-refractivity contribution >= 4 is 29.2 Å². The number of nitrogens with zero attached hydrogens (tertiary/aromatic N) is 3. The summed E-state index contributed by atoms with van der Waals surface area (Å²) in [5, 5.41) is 0.813. The number of likely N-dealkylation sites (tertiary alicyclic amines) is 1. The van der Waals surface area contributed by atoms with E-state index in [0.29, 0.717) is 55.0 Å². The molecule has 35 heavy (non-hydrogen) atoms. The average Bonchev–Trinajstić information content (AvgIpc) is 3.26. The Bertz CT molecular complexity index is 1080. The van der Waals surface area contributed by atoms with Crippen LogP contribution in [-0.2, 0) is 17.5 Å². The zero-order valence-electron chi connectivity index (χ0n) is 19.0. The molecule has 11 heteroatoms. The van der Waals surface area contributed by atoms with Crippen LogP contribution in [0.1, 0.15) is 22.6 Å². The number of hydrogen-bond donors (Lipinski definition) is 0. The van der Waals surface area contributed by atoms with E-state index in [2.05, 4.69) is 0 Å².